The molecule has 0 radical (unpaired) electrons. The highest BCUT2D eigenvalue weighted by Gasteiger charge is 2.31. The van der Waals surface area contributed by atoms with Gasteiger partial charge >= 0.3 is 0 Å². The van der Waals surface area contributed by atoms with Crippen LogP contribution in [0.2, 0.25) is 0 Å². The van der Waals surface area contributed by atoms with Gasteiger partial charge in [0.15, 0.2) is 0 Å². The Morgan fingerprint density at radius 3 is 2.76 bits per heavy atom. The zero-order valence-electron chi connectivity index (χ0n) is 11.8. The van der Waals surface area contributed by atoms with Gasteiger partial charge in [0.1, 0.15) is 11.6 Å². The van der Waals surface area contributed by atoms with E-state index in [1.165, 1.54) is 0 Å². The first-order valence-corrected chi connectivity index (χ1v) is 7.17. The van der Waals surface area contributed by atoms with Crippen molar-refractivity contribution in [3.05, 3.63) is 54.0 Å². The standard InChI is InChI=1S/C16H19N3O2/c20-11-13-9-14(21)10-19(13)16-6-7-17-15(18-16)8-12-4-2-1-3-5-12/h1-7,13-14,20-21H,8-11H2/t13-,14+/m0/s1. The number of hydrogen-bond donors (Lipinski definition) is 2. The summed E-state index contributed by atoms with van der Waals surface area (Å²) in [6.07, 6.45) is 2.58. The van der Waals surface area contributed by atoms with Crippen molar-refractivity contribution in [1.82, 2.24) is 9.97 Å². The number of anilines is 1. The van der Waals surface area contributed by atoms with Crippen LogP contribution in [0.5, 0.6) is 0 Å². The molecule has 0 amide bonds. The number of aromatic nitrogens is 2. The molecule has 2 aromatic rings. The van der Waals surface area contributed by atoms with E-state index < -0.39 is 6.10 Å². The van der Waals surface area contributed by atoms with E-state index in [1.54, 1.807) is 6.20 Å². The molecule has 1 aromatic carbocycles. The Bertz CT molecular complexity index is 591. The molecule has 1 fully saturated rings. The van der Waals surface area contributed by atoms with Crippen molar-refractivity contribution < 1.29 is 10.2 Å². The van der Waals surface area contributed by atoms with Crippen LogP contribution in [0.1, 0.15) is 17.8 Å². The SMILES string of the molecule is OC[C@@H]1C[C@@H](O)CN1c1ccnc(Cc2ccccc2)n1. The van der Waals surface area contributed by atoms with E-state index in [0.29, 0.717) is 19.4 Å². The van der Waals surface area contributed by atoms with Crippen molar-refractivity contribution in [3.63, 3.8) is 0 Å². The third-order valence-electron chi connectivity index (χ3n) is 3.79. The zero-order valence-corrected chi connectivity index (χ0v) is 11.8. The van der Waals surface area contributed by atoms with E-state index in [0.717, 1.165) is 17.2 Å². The predicted molar refractivity (Wildman–Crippen MR) is 80.1 cm³/mol. The maximum absolute atomic E-state index is 9.77. The lowest BCUT2D eigenvalue weighted by Gasteiger charge is -2.23. The van der Waals surface area contributed by atoms with Crippen molar-refractivity contribution in [2.75, 3.05) is 18.1 Å². The second-order valence-corrected chi connectivity index (χ2v) is 5.37. The summed E-state index contributed by atoms with van der Waals surface area (Å²) in [5.74, 6) is 1.52. The topological polar surface area (TPSA) is 69.5 Å². The summed E-state index contributed by atoms with van der Waals surface area (Å²) < 4.78 is 0. The van der Waals surface area contributed by atoms with Crippen LogP contribution in [0.15, 0.2) is 42.6 Å². The fourth-order valence-corrected chi connectivity index (χ4v) is 2.76. The molecule has 0 unspecified atom stereocenters. The molecule has 0 spiro atoms. The van der Waals surface area contributed by atoms with E-state index in [1.807, 2.05) is 41.3 Å². The van der Waals surface area contributed by atoms with Crippen LogP contribution in [0.3, 0.4) is 0 Å². The minimum atomic E-state index is -0.408. The van der Waals surface area contributed by atoms with Gasteiger partial charge in [-0.15, -0.1) is 0 Å². The van der Waals surface area contributed by atoms with Crippen molar-refractivity contribution in [2.45, 2.75) is 25.0 Å². The average molecular weight is 285 g/mol. The van der Waals surface area contributed by atoms with Crippen LogP contribution in [0.4, 0.5) is 5.82 Å². The number of aliphatic hydroxyl groups excluding tert-OH is 2. The fourth-order valence-electron chi connectivity index (χ4n) is 2.76. The summed E-state index contributed by atoms with van der Waals surface area (Å²) in [6, 6.07) is 11.8. The molecule has 21 heavy (non-hydrogen) atoms. The molecule has 2 heterocycles. The van der Waals surface area contributed by atoms with Crippen molar-refractivity contribution >= 4 is 5.82 Å². The number of hydrogen-bond acceptors (Lipinski definition) is 5. The lowest BCUT2D eigenvalue weighted by molar-refractivity contribution is 0.184. The Kier molecular flexibility index (Phi) is 4.13. The third kappa shape index (κ3) is 3.20. The molecule has 0 saturated carbocycles. The number of β-amino-alcohol motifs (C(OH)–C–C–N with tert-alkyl or cyclic N) is 1. The minimum Gasteiger partial charge on any atom is -0.394 e. The van der Waals surface area contributed by atoms with Gasteiger partial charge in [-0.2, -0.15) is 0 Å². The number of aliphatic hydroxyl groups is 2. The molecule has 1 aromatic heterocycles. The Morgan fingerprint density at radius 2 is 2.00 bits per heavy atom. The summed E-state index contributed by atoms with van der Waals surface area (Å²) in [7, 11) is 0. The van der Waals surface area contributed by atoms with Crippen molar-refractivity contribution in [1.29, 1.82) is 0 Å². The predicted octanol–water partition coefficient (Wildman–Crippen LogP) is 0.999. The first kappa shape index (κ1) is 14.0. The summed E-state index contributed by atoms with van der Waals surface area (Å²) >= 11 is 0. The summed E-state index contributed by atoms with van der Waals surface area (Å²) in [5.41, 5.74) is 1.16. The van der Waals surface area contributed by atoms with Gasteiger partial charge in [-0.25, -0.2) is 9.97 Å². The van der Waals surface area contributed by atoms with Crippen LogP contribution in [-0.2, 0) is 6.42 Å². The Hall–Kier alpha value is -1.98. The van der Waals surface area contributed by atoms with Crippen molar-refractivity contribution in [3.8, 4) is 0 Å². The summed E-state index contributed by atoms with van der Waals surface area (Å²) in [6.45, 7) is 0.530. The second kappa shape index (κ2) is 6.20. The van der Waals surface area contributed by atoms with E-state index in [9.17, 15) is 10.2 Å². The molecule has 2 N–H and O–H groups in total. The number of nitrogens with zero attached hydrogens (tertiary/aromatic N) is 3. The highest BCUT2D eigenvalue weighted by molar-refractivity contribution is 5.41. The Labute approximate surface area is 123 Å². The molecule has 0 bridgehead atoms. The fraction of sp³-hybridized carbons (Fsp3) is 0.375. The molecule has 2 atom stereocenters. The average Bonchev–Trinajstić information content (AvgIpc) is 2.90. The van der Waals surface area contributed by atoms with Gasteiger partial charge in [-0.05, 0) is 18.1 Å². The lowest BCUT2D eigenvalue weighted by Crippen LogP contribution is -2.33. The molecule has 3 rings (SSSR count). The van der Waals surface area contributed by atoms with Crippen LogP contribution in [-0.4, -0.2) is 45.5 Å². The van der Waals surface area contributed by atoms with Crippen molar-refractivity contribution in [2.24, 2.45) is 0 Å². The first-order chi connectivity index (χ1) is 10.3. The monoisotopic (exact) mass is 285 g/mol. The number of benzene rings is 1. The van der Waals surface area contributed by atoms with Gasteiger partial charge in [0.05, 0.1) is 18.8 Å². The molecular weight excluding hydrogens is 266 g/mol. The van der Waals surface area contributed by atoms with Gasteiger partial charge in [0.25, 0.3) is 0 Å². The smallest absolute Gasteiger partial charge is 0.135 e. The van der Waals surface area contributed by atoms with Crippen LogP contribution < -0.4 is 4.90 Å². The van der Waals surface area contributed by atoms with E-state index in [-0.39, 0.29) is 12.6 Å². The van der Waals surface area contributed by atoms with Crippen LogP contribution in [0.25, 0.3) is 0 Å². The maximum atomic E-state index is 9.77. The highest BCUT2D eigenvalue weighted by Crippen LogP contribution is 2.24. The molecular formula is C16H19N3O2. The highest BCUT2D eigenvalue weighted by atomic mass is 16.3. The first-order valence-electron chi connectivity index (χ1n) is 7.17. The molecule has 1 aliphatic rings. The Morgan fingerprint density at radius 1 is 1.19 bits per heavy atom. The molecule has 0 aliphatic carbocycles. The molecule has 5 nitrogen and oxygen atoms in total. The van der Waals surface area contributed by atoms with Gasteiger partial charge in [-0.3, -0.25) is 0 Å². The normalized spacial score (nSPS) is 21.7. The minimum absolute atomic E-state index is 0.0229. The van der Waals surface area contributed by atoms with Gasteiger partial charge < -0.3 is 15.1 Å². The zero-order chi connectivity index (χ0) is 14.7. The van der Waals surface area contributed by atoms with E-state index in [4.69, 9.17) is 0 Å². The van der Waals surface area contributed by atoms with Gasteiger partial charge in [0, 0.05) is 19.2 Å². The van der Waals surface area contributed by atoms with Crippen LogP contribution >= 0.6 is 0 Å². The summed E-state index contributed by atoms with van der Waals surface area (Å²) in [4.78, 5) is 10.8. The molecule has 1 aliphatic heterocycles. The van der Waals surface area contributed by atoms with Gasteiger partial charge in [0.2, 0.25) is 0 Å². The summed E-state index contributed by atoms with van der Waals surface area (Å²) in [5, 5.41) is 19.2. The van der Waals surface area contributed by atoms with E-state index >= 15 is 0 Å². The second-order valence-electron chi connectivity index (χ2n) is 5.37. The largest absolute Gasteiger partial charge is 0.394 e. The Balaban J connectivity index is 1.80. The molecule has 110 valence electrons. The van der Waals surface area contributed by atoms with Crippen LogP contribution in [0, 0.1) is 0 Å². The van der Waals surface area contributed by atoms with E-state index in [2.05, 4.69) is 9.97 Å². The molecule has 1 saturated heterocycles. The van der Waals surface area contributed by atoms with Gasteiger partial charge in [-0.1, -0.05) is 30.3 Å². The lowest BCUT2D eigenvalue weighted by atomic mass is 10.1. The maximum Gasteiger partial charge on any atom is 0.135 e. The third-order valence-corrected chi connectivity index (χ3v) is 3.79. The number of rotatable bonds is 4. The molecule has 5 heteroatoms. The quantitative estimate of drug-likeness (QED) is 0.877.